The Morgan fingerprint density at radius 2 is 1.95 bits per heavy atom. The number of benzene rings is 1. The molecule has 0 fully saturated rings. The minimum atomic E-state index is 0.113. The minimum absolute atomic E-state index is 0.113. The summed E-state index contributed by atoms with van der Waals surface area (Å²) in [5, 5.41) is 12.5. The van der Waals surface area contributed by atoms with E-state index in [9.17, 15) is 5.26 Å². The smallest absolute Gasteiger partial charge is 0.144 e. The molecule has 0 spiro atoms. The third kappa shape index (κ3) is 2.97. The maximum atomic E-state index is 9.22. The van der Waals surface area contributed by atoms with Gasteiger partial charge < -0.3 is 5.32 Å². The highest BCUT2D eigenvalue weighted by Gasteiger charge is 2.11. The molecule has 1 aromatic heterocycles. The third-order valence-corrected chi connectivity index (χ3v) is 3.51. The van der Waals surface area contributed by atoms with Gasteiger partial charge in [-0.1, -0.05) is 31.2 Å². The van der Waals surface area contributed by atoms with Crippen LogP contribution in [-0.2, 0) is 6.42 Å². The van der Waals surface area contributed by atoms with Crippen molar-refractivity contribution < 1.29 is 0 Å². The van der Waals surface area contributed by atoms with Crippen LogP contribution in [0.1, 0.15) is 42.1 Å². The molecule has 3 nitrogen and oxygen atoms in total. The average Bonchev–Trinajstić information content (AvgIpc) is 2.47. The summed E-state index contributed by atoms with van der Waals surface area (Å²) in [5.74, 6) is 0.652. The first-order valence-corrected chi connectivity index (χ1v) is 6.86. The van der Waals surface area contributed by atoms with Crippen molar-refractivity contribution in [2.45, 2.75) is 33.2 Å². The molecule has 1 atom stereocenters. The quantitative estimate of drug-likeness (QED) is 0.909. The number of nitrogens with zero attached hydrogens (tertiary/aromatic N) is 2. The van der Waals surface area contributed by atoms with Crippen LogP contribution in [0, 0.1) is 18.3 Å². The van der Waals surface area contributed by atoms with Crippen LogP contribution in [-0.4, -0.2) is 4.98 Å². The summed E-state index contributed by atoms with van der Waals surface area (Å²) >= 11 is 0. The molecule has 1 N–H and O–H groups in total. The molecule has 0 saturated heterocycles. The molecule has 0 radical (unpaired) electrons. The molecule has 2 rings (SSSR count). The Morgan fingerprint density at radius 3 is 2.55 bits per heavy atom. The summed E-state index contributed by atoms with van der Waals surface area (Å²) in [6.07, 6.45) is 2.77. The van der Waals surface area contributed by atoms with Crippen molar-refractivity contribution >= 4 is 5.82 Å². The van der Waals surface area contributed by atoms with Gasteiger partial charge in [0.05, 0.1) is 5.56 Å². The Bertz CT molecular complexity index is 624. The Balaban J connectivity index is 2.21. The number of hydrogen-bond acceptors (Lipinski definition) is 3. The Hall–Kier alpha value is -2.34. The molecule has 2 aromatic rings. The molecule has 20 heavy (non-hydrogen) atoms. The van der Waals surface area contributed by atoms with Gasteiger partial charge in [0.15, 0.2) is 0 Å². The molecule has 0 amide bonds. The fourth-order valence-corrected chi connectivity index (χ4v) is 2.14. The second kappa shape index (κ2) is 6.21. The predicted octanol–water partition coefficient (Wildman–Crippen LogP) is 4.00. The van der Waals surface area contributed by atoms with Crippen LogP contribution in [0.4, 0.5) is 5.82 Å². The van der Waals surface area contributed by atoms with Crippen LogP contribution < -0.4 is 5.32 Å². The highest BCUT2D eigenvalue weighted by atomic mass is 15.0. The number of aryl methyl sites for hydroxylation is 2. The van der Waals surface area contributed by atoms with E-state index >= 15 is 0 Å². The summed E-state index contributed by atoms with van der Waals surface area (Å²) in [4.78, 5) is 4.28. The average molecular weight is 265 g/mol. The second-order valence-corrected chi connectivity index (χ2v) is 4.92. The predicted molar refractivity (Wildman–Crippen MR) is 81.5 cm³/mol. The standard InChI is InChI=1S/C17H19N3/c1-4-14-5-7-15(8-6-14)13(3)20-17-16(11-18)12(2)9-10-19-17/h5-10,13H,4H2,1-3H3,(H,19,20). The largest absolute Gasteiger partial charge is 0.362 e. The van der Waals surface area contributed by atoms with E-state index in [0.29, 0.717) is 11.4 Å². The summed E-state index contributed by atoms with van der Waals surface area (Å²) < 4.78 is 0. The van der Waals surface area contributed by atoms with Crippen molar-refractivity contribution in [2.24, 2.45) is 0 Å². The lowest BCUT2D eigenvalue weighted by molar-refractivity contribution is 0.871. The highest BCUT2D eigenvalue weighted by molar-refractivity contribution is 5.56. The molecule has 1 heterocycles. The van der Waals surface area contributed by atoms with Gasteiger partial charge >= 0.3 is 0 Å². The van der Waals surface area contributed by atoms with Gasteiger partial charge in [0, 0.05) is 12.2 Å². The minimum Gasteiger partial charge on any atom is -0.362 e. The van der Waals surface area contributed by atoms with Crippen molar-refractivity contribution in [3.05, 3.63) is 58.8 Å². The first-order chi connectivity index (χ1) is 9.65. The van der Waals surface area contributed by atoms with Gasteiger partial charge in [0.25, 0.3) is 0 Å². The van der Waals surface area contributed by atoms with Crippen molar-refractivity contribution in [3.8, 4) is 6.07 Å². The molecule has 1 unspecified atom stereocenters. The van der Waals surface area contributed by atoms with Gasteiger partial charge in [-0.3, -0.25) is 0 Å². The van der Waals surface area contributed by atoms with Crippen LogP contribution in [0.3, 0.4) is 0 Å². The summed E-state index contributed by atoms with van der Waals surface area (Å²) in [7, 11) is 0. The first-order valence-electron chi connectivity index (χ1n) is 6.86. The number of pyridine rings is 1. The van der Waals surface area contributed by atoms with E-state index in [1.807, 2.05) is 13.0 Å². The zero-order chi connectivity index (χ0) is 14.5. The van der Waals surface area contributed by atoms with Gasteiger partial charge in [0.2, 0.25) is 0 Å². The number of rotatable bonds is 4. The van der Waals surface area contributed by atoms with Crippen molar-refractivity contribution in [3.63, 3.8) is 0 Å². The molecule has 0 aliphatic carbocycles. The first kappa shape index (κ1) is 14.1. The maximum Gasteiger partial charge on any atom is 0.144 e. The molecular weight excluding hydrogens is 246 g/mol. The lowest BCUT2D eigenvalue weighted by atomic mass is 10.0. The maximum absolute atomic E-state index is 9.22. The van der Waals surface area contributed by atoms with Gasteiger partial charge in [-0.05, 0) is 43.0 Å². The number of hydrogen-bond donors (Lipinski definition) is 1. The van der Waals surface area contributed by atoms with Gasteiger partial charge in [-0.15, -0.1) is 0 Å². The number of nitriles is 1. The summed E-state index contributed by atoms with van der Waals surface area (Å²) in [6.45, 7) is 6.14. The van der Waals surface area contributed by atoms with E-state index < -0.39 is 0 Å². The van der Waals surface area contributed by atoms with Crippen molar-refractivity contribution in [1.29, 1.82) is 5.26 Å². The van der Waals surface area contributed by atoms with Crippen LogP contribution in [0.25, 0.3) is 0 Å². The van der Waals surface area contributed by atoms with Gasteiger partial charge in [-0.2, -0.15) is 5.26 Å². The summed E-state index contributed by atoms with van der Waals surface area (Å²) in [5.41, 5.74) is 4.07. The van der Waals surface area contributed by atoms with E-state index in [2.05, 4.69) is 54.5 Å². The molecule has 1 aromatic carbocycles. The van der Waals surface area contributed by atoms with Crippen LogP contribution >= 0.6 is 0 Å². The summed E-state index contributed by atoms with van der Waals surface area (Å²) in [6, 6.07) is 12.7. The number of aromatic nitrogens is 1. The molecule has 0 aliphatic heterocycles. The molecule has 0 bridgehead atoms. The zero-order valence-electron chi connectivity index (χ0n) is 12.1. The van der Waals surface area contributed by atoms with Gasteiger partial charge in [-0.25, -0.2) is 4.98 Å². The monoisotopic (exact) mass is 265 g/mol. The van der Waals surface area contributed by atoms with E-state index in [-0.39, 0.29) is 6.04 Å². The molecule has 102 valence electrons. The van der Waals surface area contributed by atoms with Crippen molar-refractivity contribution in [1.82, 2.24) is 4.98 Å². The molecule has 3 heteroatoms. The molecule has 0 aliphatic rings. The van der Waals surface area contributed by atoms with Crippen LogP contribution in [0.5, 0.6) is 0 Å². The lowest BCUT2D eigenvalue weighted by Gasteiger charge is -2.16. The van der Waals surface area contributed by atoms with Crippen molar-refractivity contribution in [2.75, 3.05) is 5.32 Å². The van der Waals surface area contributed by atoms with E-state index in [1.165, 1.54) is 11.1 Å². The van der Waals surface area contributed by atoms with Crippen LogP contribution in [0.2, 0.25) is 0 Å². The Labute approximate surface area is 120 Å². The zero-order valence-corrected chi connectivity index (χ0v) is 12.1. The van der Waals surface area contributed by atoms with E-state index in [1.54, 1.807) is 6.20 Å². The topological polar surface area (TPSA) is 48.7 Å². The molecule has 0 saturated carbocycles. The second-order valence-electron chi connectivity index (χ2n) is 4.92. The fraction of sp³-hybridized carbons (Fsp3) is 0.294. The number of anilines is 1. The van der Waals surface area contributed by atoms with Gasteiger partial charge in [0.1, 0.15) is 11.9 Å². The normalized spacial score (nSPS) is 11.7. The Kier molecular flexibility index (Phi) is 4.37. The third-order valence-electron chi connectivity index (χ3n) is 3.51. The lowest BCUT2D eigenvalue weighted by Crippen LogP contribution is -2.10. The van der Waals surface area contributed by atoms with E-state index in [0.717, 1.165) is 12.0 Å². The number of nitrogens with one attached hydrogen (secondary N) is 1. The SMILES string of the molecule is CCc1ccc(C(C)Nc2nccc(C)c2C#N)cc1. The Morgan fingerprint density at radius 1 is 1.25 bits per heavy atom. The highest BCUT2D eigenvalue weighted by Crippen LogP contribution is 2.22. The fourth-order valence-electron chi connectivity index (χ4n) is 2.14. The van der Waals surface area contributed by atoms with E-state index in [4.69, 9.17) is 0 Å². The molecular formula is C17H19N3. The van der Waals surface area contributed by atoms with Crippen LogP contribution in [0.15, 0.2) is 36.5 Å².